The Morgan fingerprint density at radius 2 is 1.28 bits per heavy atom. The minimum Gasteiger partial charge on any atom is -0.456 e. The normalized spacial score (nSPS) is 24.0. The molecule has 1 fully saturated rings. The molecule has 168 valence electrons. The van der Waals surface area contributed by atoms with Gasteiger partial charge in [0.05, 0.1) is 6.61 Å². The zero-order chi connectivity index (χ0) is 21.6. The van der Waals surface area contributed by atoms with Crippen molar-refractivity contribution in [1.82, 2.24) is 0 Å². The van der Waals surface area contributed by atoms with Crippen LogP contribution < -0.4 is 0 Å². The highest BCUT2D eigenvalue weighted by molar-refractivity contribution is 5.68. The third-order valence-electron chi connectivity index (χ3n) is 4.58. The lowest BCUT2D eigenvalue weighted by molar-refractivity contribution is -0.281. The molecule has 1 saturated heterocycles. The summed E-state index contributed by atoms with van der Waals surface area (Å²) < 4.78 is 27.2. The molecule has 1 aliphatic rings. The summed E-state index contributed by atoms with van der Waals surface area (Å²) in [6, 6.07) is 0. The molecule has 0 aromatic carbocycles. The molecule has 0 unspecified atom stereocenters. The van der Waals surface area contributed by atoms with Crippen LogP contribution in [0.25, 0.3) is 0 Å². The van der Waals surface area contributed by atoms with Gasteiger partial charge in [-0.05, 0) is 6.42 Å². The van der Waals surface area contributed by atoms with Gasteiger partial charge in [0, 0.05) is 27.4 Å². The van der Waals surface area contributed by atoms with E-state index in [4.69, 9.17) is 23.7 Å². The fourth-order valence-electron chi connectivity index (χ4n) is 3.29. The van der Waals surface area contributed by atoms with Gasteiger partial charge in [-0.25, -0.2) is 0 Å². The summed E-state index contributed by atoms with van der Waals surface area (Å²) >= 11 is 0. The first-order valence-corrected chi connectivity index (χ1v) is 10.6. The average Bonchev–Trinajstić information content (AvgIpc) is 2.63. The van der Waals surface area contributed by atoms with Crippen LogP contribution in [0.15, 0.2) is 0 Å². The SMILES string of the molecule is CCCCCCCCCCO[C@H]1OC[C@@H](OC(C)=O)[C@H](OC(C)=O)[C@H]1OC(C)=O. The van der Waals surface area contributed by atoms with Crippen LogP contribution in [0, 0.1) is 0 Å². The number of ether oxygens (including phenoxy) is 5. The van der Waals surface area contributed by atoms with E-state index in [9.17, 15) is 14.4 Å². The topological polar surface area (TPSA) is 97.4 Å². The molecular weight excluding hydrogens is 380 g/mol. The lowest BCUT2D eigenvalue weighted by atomic mass is 10.0. The smallest absolute Gasteiger partial charge is 0.303 e. The maximum Gasteiger partial charge on any atom is 0.303 e. The Hall–Kier alpha value is -1.67. The zero-order valence-corrected chi connectivity index (χ0v) is 18.1. The second kappa shape index (κ2) is 14.3. The molecule has 0 aliphatic carbocycles. The van der Waals surface area contributed by atoms with E-state index < -0.39 is 42.5 Å². The van der Waals surface area contributed by atoms with Gasteiger partial charge in [-0.2, -0.15) is 0 Å². The van der Waals surface area contributed by atoms with Gasteiger partial charge in [0.25, 0.3) is 0 Å². The van der Waals surface area contributed by atoms with E-state index in [1.165, 1.54) is 52.9 Å². The quantitative estimate of drug-likeness (QED) is 0.256. The molecule has 8 nitrogen and oxygen atoms in total. The number of rotatable bonds is 13. The predicted molar refractivity (Wildman–Crippen MR) is 105 cm³/mol. The van der Waals surface area contributed by atoms with Gasteiger partial charge in [0.1, 0.15) is 0 Å². The van der Waals surface area contributed by atoms with E-state index in [1.54, 1.807) is 0 Å². The first-order valence-electron chi connectivity index (χ1n) is 10.6. The van der Waals surface area contributed by atoms with Gasteiger partial charge in [-0.15, -0.1) is 0 Å². The molecule has 0 radical (unpaired) electrons. The predicted octanol–water partition coefficient (Wildman–Crippen LogP) is 3.30. The summed E-state index contributed by atoms with van der Waals surface area (Å²) in [7, 11) is 0. The molecule has 0 aromatic rings. The van der Waals surface area contributed by atoms with E-state index in [2.05, 4.69) is 6.92 Å². The highest BCUT2D eigenvalue weighted by Gasteiger charge is 2.47. The average molecular weight is 417 g/mol. The van der Waals surface area contributed by atoms with Crippen molar-refractivity contribution in [2.45, 2.75) is 104 Å². The van der Waals surface area contributed by atoms with Crippen LogP contribution in [-0.2, 0) is 38.1 Å². The van der Waals surface area contributed by atoms with Crippen molar-refractivity contribution in [3.05, 3.63) is 0 Å². The molecule has 1 heterocycles. The van der Waals surface area contributed by atoms with Crippen LogP contribution in [0.4, 0.5) is 0 Å². The fraction of sp³-hybridized carbons (Fsp3) is 0.857. The van der Waals surface area contributed by atoms with E-state index in [0.717, 1.165) is 19.3 Å². The lowest BCUT2D eigenvalue weighted by Crippen LogP contribution is -2.58. The number of hydrogen-bond donors (Lipinski definition) is 0. The standard InChI is InChI=1S/C21H36O8/c1-5-6-7-8-9-10-11-12-13-25-21-20(29-17(4)24)19(28-16(3)23)18(14-26-21)27-15(2)22/h18-21H,5-14H2,1-4H3/t18-,19+,20-,21+/m1/s1. The van der Waals surface area contributed by atoms with E-state index in [1.807, 2.05) is 0 Å². The van der Waals surface area contributed by atoms with Crippen LogP contribution in [0.2, 0.25) is 0 Å². The molecule has 0 aromatic heterocycles. The Balaban J connectivity index is 2.55. The van der Waals surface area contributed by atoms with Crippen molar-refractivity contribution in [2.24, 2.45) is 0 Å². The number of esters is 3. The molecule has 4 atom stereocenters. The van der Waals surface area contributed by atoms with Gasteiger partial charge in [-0.1, -0.05) is 51.9 Å². The number of carbonyl (C=O) groups is 3. The lowest BCUT2D eigenvalue weighted by Gasteiger charge is -2.40. The molecule has 1 aliphatic heterocycles. The van der Waals surface area contributed by atoms with Crippen molar-refractivity contribution in [3.63, 3.8) is 0 Å². The molecule has 29 heavy (non-hydrogen) atoms. The van der Waals surface area contributed by atoms with E-state index in [-0.39, 0.29) is 6.61 Å². The van der Waals surface area contributed by atoms with Gasteiger partial charge in [0.2, 0.25) is 0 Å². The van der Waals surface area contributed by atoms with Crippen molar-refractivity contribution >= 4 is 17.9 Å². The Labute approximate surface area is 173 Å². The first-order chi connectivity index (χ1) is 13.8. The van der Waals surface area contributed by atoms with Gasteiger partial charge in [0.15, 0.2) is 24.6 Å². The molecular formula is C21H36O8. The number of carbonyl (C=O) groups excluding carboxylic acids is 3. The molecule has 0 amide bonds. The van der Waals surface area contributed by atoms with Crippen molar-refractivity contribution in [2.75, 3.05) is 13.2 Å². The summed E-state index contributed by atoms with van der Waals surface area (Å²) in [6.45, 7) is 6.35. The van der Waals surface area contributed by atoms with Crippen LogP contribution in [0.5, 0.6) is 0 Å². The Kier molecular flexibility index (Phi) is 12.5. The Morgan fingerprint density at radius 1 is 0.759 bits per heavy atom. The van der Waals surface area contributed by atoms with Crippen LogP contribution in [-0.4, -0.2) is 55.7 Å². The maximum absolute atomic E-state index is 11.6. The van der Waals surface area contributed by atoms with Gasteiger partial charge >= 0.3 is 17.9 Å². The second-order valence-corrected chi connectivity index (χ2v) is 7.34. The largest absolute Gasteiger partial charge is 0.456 e. The summed E-state index contributed by atoms with van der Waals surface area (Å²) in [5, 5.41) is 0. The number of hydrogen-bond acceptors (Lipinski definition) is 8. The third-order valence-corrected chi connectivity index (χ3v) is 4.58. The van der Waals surface area contributed by atoms with Crippen molar-refractivity contribution < 1.29 is 38.1 Å². The monoisotopic (exact) mass is 416 g/mol. The summed E-state index contributed by atoms with van der Waals surface area (Å²) in [4.78, 5) is 34.4. The minimum atomic E-state index is -1.01. The molecule has 8 heteroatoms. The van der Waals surface area contributed by atoms with E-state index >= 15 is 0 Å². The number of unbranched alkanes of at least 4 members (excludes halogenated alkanes) is 7. The van der Waals surface area contributed by atoms with Crippen LogP contribution >= 0.6 is 0 Å². The van der Waals surface area contributed by atoms with Crippen molar-refractivity contribution in [3.8, 4) is 0 Å². The second-order valence-electron chi connectivity index (χ2n) is 7.34. The molecule has 0 spiro atoms. The Bertz CT molecular complexity index is 507. The highest BCUT2D eigenvalue weighted by atomic mass is 16.7. The minimum absolute atomic E-state index is 0.0165. The molecule has 0 N–H and O–H groups in total. The van der Waals surface area contributed by atoms with Gasteiger partial charge in [-0.3, -0.25) is 14.4 Å². The molecule has 1 rings (SSSR count). The van der Waals surface area contributed by atoms with Gasteiger partial charge < -0.3 is 23.7 Å². The fourth-order valence-corrected chi connectivity index (χ4v) is 3.29. The summed E-state index contributed by atoms with van der Waals surface area (Å²) in [6.07, 6.45) is 5.58. The molecule has 0 saturated carbocycles. The highest BCUT2D eigenvalue weighted by Crippen LogP contribution is 2.25. The molecule has 0 bridgehead atoms. The summed E-state index contributed by atoms with van der Waals surface area (Å²) in [5.74, 6) is -1.69. The maximum atomic E-state index is 11.6. The first kappa shape index (κ1) is 25.4. The zero-order valence-electron chi connectivity index (χ0n) is 18.1. The van der Waals surface area contributed by atoms with Crippen molar-refractivity contribution in [1.29, 1.82) is 0 Å². The van der Waals surface area contributed by atoms with Crippen LogP contribution in [0.1, 0.15) is 79.1 Å². The van der Waals surface area contributed by atoms with Crippen LogP contribution in [0.3, 0.4) is 0 Å². The third kappa shape index (κ3) is 10.6. The van der Waals surface area contributed by atoms with E-state index in [0.29, 0.717) is 6.61 Å². The summed E-state index contributed by atoms with van der Waals surface area (Å²) in [5.41, 5.74) is 0. The Morgan fingerprint density at radius 3 is 1.83 bits per heavy atom.